The Morgan fingerprint density at radius 1 is 0.581 bits per heavy atom. The standard InChI is InChI=1S/C16H17NO5S.C16H17NO2.Na/c1-11(2)22-16(18)17-14-7-3-12(4-8-14)13-5-9-15(10-6-13)23(19,20)21;1-12(2)19-16(18)17-15-10-8-14(9-11-15)13-6-4-3-5-7-13;/h3-11H,1-2H3,(H,17,18)(H,19,20,21);3-12H,1-2H3,(H,17,18);/q;;+1/p-1. The number of ether oxygens (including phenoxy) is 2. The summed E-state index contributed by atoms with van der Waals surface area (Å²) in [6.07, 6.45) is -1.28. The number of hydrogen-bond donors (Lipinski definition) is 2. The first kappa shape index (κ1) is 35.5. The van der Waals surface area contributed by atoms with Gasteiger partial charge in [0.15, 0.2) is 0 Å². The van der Waals surface area contributed by atoms with Gasteiger partial charge in [-0.1, -0.05) is 66.7 Å². The summed E-state index contributed by atoms with van der Waals surface area (Å²) in [6, 6.07) is 30.4. The second-order valence-electron chi connectivity index (χ2n) is 9.66. The zero-order valence-corrected chi connectivity index (χ0v) is 27.6. The molecule has 220 valence electrons. The van der Waals surface area contributed by atoms with Gasteiger partial charge in [-0.25, -0.2) is 18.0 Å². The van der Waals surface area contributed by atoms with Crippen molar-refractivity contribution in [1.29, 1.82) is 0 Å². The van der Waals surface area contributed by atoms with Crippen molar-refractivity contribution in [2.24, 2.45) is 0 Å². The van der Waals surface area contributed by atoms with E-state index in [2.05, 4.69) is 22.8 Å². The number of benzene rings is 4. The minimum atomic E-state index is -4.44. The smallest absolute Gasteiger partial charge is 0.744 e. The number of anilines is 2. The molecular formula is C32H33N2NaO7S. The summed E-state index contributed by atoms with van der Waals surface area (Å²) in [6.45, 7) is 7.15. The second-order valence-corrected chi connectivity index (χ2v) is 11.0. The van der Waals surface area contributed by atoms with Gasteiger partial charge >= 0.3 is 41.7 Å². The van der Waals surface area contributed by atoms with Gasteiger partial charge in [-0.3, -0.25) is 10.6 Å². The quantitative estimate of drug-likeness (QED) is 0.231. The Morgan fingerprint density at radius 3 is 1.23 bits per heavy atom. The number of nitrogens with one attached hydrogen (secondary N) is 2. The van der Waals surface area contributed by atoms with E-state index in [-0.39, 0.29) is 46.7 Å². The van der Waals surface area contributed by atoms with Gasteiger partial charge in [0.2, 0.25) is 0 Å². The van der Waals surface area contributed by atoms with E-state index in [1.54, 1.807) is 50.2 Å². The summed E-state index contributed by atoms with van der Waals surface area (Å²) >= 11 is 0. The summed E-state index contributed by atoms with van der Waals surface area (Å²) in [7, 11) is -4.44. The molecule has 2 amide bonds. The topological polar surface area (TPSA) is 134 Å². The van der Waals surface area contributed by atoms with Crippen LogP contribution in [0, 0.1) is 0 Å². The molecule has 0 saturated carbocycles. The van der Waals surface area contributed by atoms with E-state index in [1.807, 2.05) is 56.3 Å². The largest absolute Gasteiger partial charge is 1.00 e. The zero-order chi connectivity index (χ0) is 30.7. The Hall–Kier alpha value is -3.67. The van der Waals surface area contributed by atoms with Crippen molar-refractivity contribution in [3.63, 3.8) is 0 Å². The summed E-state index contributed by atoms with van der Waals surface area (Å²) in [5, 5.41) is 5.29. The molecular weight excluding hydrogens is 579 g/mol. The van der Waals surface area contributed by atoms with E-state index >= 15 is 0 Å². The normalized spacial score (nSPS) is 10.6. The van der Waals surface area contributed by atoms with E-state index in [1.165, 1.54) is 12.1 Å². The van der Waals surface area contributed by atoms with Crippen LogP contribution in [0.25, 0.3) is 22.3 Å². The van der Waals surface area contributed by atoms with Crippen LogP contribution in [-0.4, -0.2) is 37.4 Å². The van der Waals surface area contributed by atoms with Crippen LogP contribution in [0.4, 0.5) is 21.0 Å². The minimum Gasteiger partial charge on any atom is -0.744 e. The molecule has 0 aliphatic rings. The van der Waals surface area contributed by atoms with Crippen molar-refractivity contribution >= 4 is 33.7 Å². The molecule has 0 heterocycles. The predicted octanol–water partition coefficient (Wildman–Crippen LogP) is 4.53. The van der Waals surface area contributed by atoms with Crippen LogP contribution in [0.15, 0.2) is 108 Å². The summed E-state index contributed by atoms with van der Waals surface area (Å²) in [5.74, 6) is 0. The third-order valence-corrected chi connectivity index (χ3v) is 6.38. The third-order valence-electron chi connectivity index (χ3n) is 5.53. The predicted molar refractivity (Wildman–Crippen MR) is 162 cm³/mol. The van der Waals surface area contributed by atoms with Crippen LogP contribution in [0.5, 0.6) is 0 Å². The van der Waals surface area contributed by atoms with Gasteiger partial charge in [0, 0.05) is 11.4 Å². The Morgan fingerprint density at radius 2 is 0.907 bits per heavy atom. The molecule has 9 nitrogen and oxygen atoms in total. The minimum absolute atomic E-state index is 0. The first-order chi connectivity index (χ1) is 19.9. The zero-order valence-electron chi connectivity index (χ0n) is 24.7. The number of amides is 2. The molecule has 0 radical (unpaired) electrons. The average molecular weight is 613 g/mol. The van der Waals surface area contributed by atoms with Crippen molar-refractivity contribution in [2.75, 3.05) is 10.6 Å². The molecule has 4 rings (SSSR count). The van der Waals surface area contributed by atoms with Gasteiger partial charge in [0.05, 0.1) is 17.1 Å². The molecule has 11 heteroatoms. The molecule has 0 saturated heterocycles. The summed E-state index contributed by atoms with van der Waals surface area (Å²) in [5.41, 5.74) is 5.15. The van der Waals surface area contributed by atoms with Gasteiger partial charge in [0.1, 0.15) is 10.1 Å². The van der Waals surface area contributed by atoms with Crippen LogP contribution >= 0.6 is 0 Å². The van der Waals surface area contributed by atoms with Gasteiger partial charge in [-0.2, -0.15) is 0 Å². The summed E-state index contributed by atoms with van der Waals surface area (Å²) < 4.78 is 42.7. The monoisotopic (exact) mass is 612 g/mol. The number of carbonyl (C=O) groups is 2. The first-order valence-corrected chi connectivity index (χ1v) is 14.6. The molecule has 0 bridgehead atoms. The molecule has 2 N–H and O–H groups in total. The molecule has 0 aromatic heterocycles. The molecule has 4 aromatic rings. The van der Waals surface area contributed by atoms with Gasteiger partial charge in [0.25, 0.3) is 0 Å². The molecule has 0 atom stereocenters. The fraction of sp³-hybridized carbons (Fsp3) is 0.188. The van der Waals surface area contributed by atoms with Crippen LogP contribution in [0.2, 0.25) is 0 Å². The fourth-order valence-corrected chi connectivity index (χ4v) is 4.13. The Kier molecular flexibility index (Phi) is 13.9. The Labute approximate surface area is 274 Å². The molecule has 0 aliphatic heterocycles. The maximum Gasteiger partial charge on any atom is 1.00 e. The molecule has 0 unspecified atom stereocenters. The van der Waals surface area contributed by atoms with Gasteiger partial charge in [-0.15, -0.1) is 0 Å². The maximum atomic E-state index is 11.5. The maximum absolute atomic E-state index is 11.5. The van der Waals surface area contributed by atoms with Crippen LogP contribution in [0.3, 0.4) is 0 Å². The number of rotatable bonds is 7. The average Bonchev–Trinajstić information content (AvgIpc) is 2.93. The number of hydrogen-bond acceptors (Lipinski definition) is 7. The van der Waals surface area contributed by atoms with Crippen molar-refractivity contribution in [2.45, 2.75) is 44.8 Å². The third kappa shape index (κ3) is 12.2. The van der Waals surface area contributed by atoms with Crippen LogP contribution < -0.4 is 40.2 Å². The van der Waals surface area contributed by atoms with E-state index in [9.17, 15) is 22.6 Å². The first-order valence-electron chi connectivity index (χ1n) is 13.2. The summed E-state index contributed by atoms with van der Waals surface area (Å²) in [4.78, 5) is 22.7. The van der Waals surface area contributed by atoms with Crippen molar-refractivity contribution in [1.82, 2.24) is 0 Å². The van der Waals surface area contributed by atoms with Crippen LogP contribution in [-0.2, 0) is 19.6 Å². The molecule has 4 aromatic carbocycles. The van der Waals surface area contributed by atoms with Crippen LogP contribution in [0.1, 0.15) is 27.7 Å². The molecule has 43 heavy (non-hydrogen) atoms. The van der Waals surface area contributed by atoms with E-state index in [4.69, 9.17) is 9.47 Å². The van der Waals surface area contributed by atoms with Crippen molar-refractivity contribution < 1.29 is 61.6 Å². The van der Waals surface area contributed by atoms with Crippen molar-refractivity contribution in [3.8, 4) is 22.3 Å². The van der Waals surface area contributed by atoms with E-state index < -0.39 is 22.3 Å². The number of carbonyl (C=O) groups excluding carboxylic acids is 2. The fourth-order valence-electron chi connectivity index (χ4n) is 3.66. The SMILES string of the molecule is CC(C)OC(=O)Nc1ccc(-c2ccc(S(=O)(=O)[O-])cc2)cc1.CC(C)OC(=O)Nc1ccc(-c2ccccc2)cc1.[Na+]. The van der Waals surface area contributed by atoms with Gasteiger partial charge < -0.3 is 14.0 Å². The molecule has 0 aliphatic carbocycles. The Bertz CT molecular complexity index is 1560. The van der Waals surface area contributed by atoms with Crippen molar-refractivity contribution in [3.05, 3.63) is 103 Å². The second kappa shape index (κ2) is 16.8. The Balaban J connectivity index is 0.000000298. The molecule has 0 fully saturated rings. The van der Waals surface area contributed by atoms with E-state index in [0.29, 0.717) is 5.69 Å². The van der Waals surface area contributed by atoms with E-state index in [0.717, 1.165) is 27.9 Å². The molecule has 0 spiro atoms. The van der Waals surface area contributed by atoms with Gasteiger partial charge in [-0.05, 0) is 86.3 Å².